The lowest BCUT2D eigenvalue weighted by atomic mass is 9.73. The molecule has 28 heavy (non-hydrogen) atoms. The van der Waals surface area contributed by atoms with Crippen molar-refractivity contribution in [2.75, 3.05) is 18.0 Å². The normalized spacial score (nSPS) is 27.6. The van der Waals surface area contributed by atoms with Gasteiger partial charge in [0.1, 0.15) is 5.54 Å². The van der Waals surface area contributed by atoms with Gasteiger partial charge in [-0.05, 0) is 37.3 Å². The number of hydrogen-bond acceptors (Lipinski definition) is 4. The third-order valence-corrected chi connectivity index (χ3v) is 6.36. The summed E-state index contributed by atoms with van der Waals surface area (Å²) in [6.45, 7) is 2.35. The molecule has 1 saturated carbocycles. The SMILES string of the molecule is C[C@@H]1CCCC[C@@]12NC(=O)N(CC(=O)c1cccc(N3CCCC3=O)c1)C2=O. The van der Waals surface area contributed by atoms with Crippen LogP contribution in [0.15, 0.2) is 24.3 Å². The molecule has 0 aromatic heterocycles. The van der Waals surface area contributed by atoms with E-state index in [1.54, 1.807) is 29.2 Å². The molecule has 7 nitrogen and oxygen atoms in total. The van der Waals surface area contributed by atoms with E-state index >= 15 is 0 Å². The van der Waals surface area contributed by atoms with E-state index in [4.69, 9.17) is 0 Å². The average molecular weight is 383 g/mol. The standard InChI is InChI=1S/C21H25N3O4/c1-14-6-2-3-10-21(14)19(27)24(20(28)22-21)13-17(25)15-7-4-8-16(12-15)23-11-5-9-18(23)26/h4,7-8,12,14H,2-3,5-6,9-11,13H2,1H3,(H,22,28)/t14-,21-/m1/s1. The Morgan fingerprint density at radius 2 is 2.04 bits per heavy atom. The van der Waals surface area contributed by atoms with E-state index in [0.29, 0.717) is 30.6 Å². The van der Waals surface area contributed by atoms with Gasteiger partial charge in [0.2, 0.25) is 5.91 Å². The predicted molar refractivity (Wildman–Crippen MR) is 103 cm³/mol. The van der Waals surface area contributed by atoms with Crippen molar-refractivity contribution < 1.29 is 19.2 Å². The van der Waals surface area contributed by atoms with E-state index in [2.05, 4.69) is 5.32 Å². The maximum atomic E-state index is 13.0. The van der Waals surface area contributed by atoms with E-state index in [-0.39, 0.29) is 30.1 Å². The van der Waals surface area contributed by atoms with Gasteiger partial charge < -0.3 is 10.2 Å². The average Bonchev–Trinajstić information content (AvgIpc) is 3.21. The lowest BCUT2D eigenvalue weighted by molar-refractivity contribution is -0.133. The molecule has 4 rings (SSSR count). The van der Waals surface area contributed by atoms with Crippen LogP contribution in [0.4, 0.5) is 10.5 Å². The molecule has 1 N–H and O–H groups in total. The summed E-state index contributed by atoms with van der Waals surface area (Å²) in [7, 11) is 0. The van der Waals surface area contributed by atoms with Crippen molar-refractivity contribution in [3.63, 3.8) is 0 Å². The Morgan fingerprint density at radius 3 is 2.75 bits per heavy atom. The lowest BCUT2D eigenvalue weighted by Crippen LogP contribution is -2.54. The third kappa shape index (κ3) is 2.99. The summed E-state index contributed by atoms with van der Waals surface area (Å²) in [6.07, 6.45) is 4.77. The number of urea groups is 1. The number of nitrogens with one attached hydrogen (secondary N) is 1. The van der Waals surface area contributed by atoms with Gasteiger partial charge >= 0.3 is 6.03 Å². The molecule has 148 valence electrons. The zero-order valence-electron chi connectivity index (χ0n) is 16.1. The molecule has 3 fully saturated rings. The molecule has 3 aliphatic rings. The highest BCUT2D eigenvalue weighted by Crippen LogP contribution is 2.38. The number of hydrogen-bond donors (Lipinski definition) is 1. The van der Waals surface area contributed by atoms with Crippen molar-refractivity contribution in [3.8, 4) is 0 Å². The minimum atomic E-state index is -0.862. The number of nitrogens with zero attached hydrogens (tertiary/aromatic N) is 2. The van der Waals surface area contributed by atoms with Crippen molar-refractivity contribution in [2.24, 2.45) is 5.92 Å². The van der Waals surface area contributed by atoms with Crippen LogP contribution in [0.3, 0.4) is 0 Å². The van der Waals surface area contributed by atoms with Crippen LogP contribution in [-0.4, -0.2) is 47.2 Å². The molecule has 1 aromatic rings. The van der Waals surface area contributed by atoms with Crippen LogP contribution in [0.2, 0.25) is 0 Å². The number of ketones is 1. The molecular weight excluding hydrogens is 358 g/mol. The summed E-state index contributed by atoms with van der Waals surface area (Å²) in [5.41, 5.74) is 0.220. The number of imide groups is 1. The van der Waals surface area contributed by atoms with Gasteiger partial charge in [-0.3, -0.25) is 19.3 Å². The third-order valence-electron chi connectivity index (χ3n) is 6.36. The Bertz CT molecular complexity index is 852. The second-order valence-corrected chi connectivity index (χ2v) is 8.06. The number of carbonyl (C=O) groups excluding carboxylic acids is 4. The number of rotatable bonds is 4. The van der Waals surface area contributed by atoms with Crippen LogP contribution in [0.5, 0.6) is 0 Å². The highest BCUT2D eigenvalue weighted by Gasteiger charge is 2.55. The molecule has 2 atom stereocenters. The van der Waals surface area contributed by atoms with Crippen LogP contribution in [-0.2, 0) is 9.59 Å². The van der Waals surface area contributed by atoms with E-state index in [1.807, 2.05) is 6.92 Å². The minimum absolute atomic E-state index is 0.0481. The summed E-state index contributed by atoms with van der Waals surface area (Å²) < 4.78 is 0. The highest BCUT2D eigenvalue weighted by molar-refractivity contribution is 6.11. The summed E-state index contributed by atoms with van der Waals surface area (Å²) >= 11 is 0. The first kappa shape index (κ1) is 18.7. The van der Waals surface area contributed by atoms with Crippen LogP contribution >= 0.6 is 0 Å². The van der Waals surface area contributed by atoms with Crippen LogP contribution in [0.1, 0.15) is 55.8 Å². The van der Waals surface area contributed by atoms with Gasteiger partial charge in [-0.2, -0.15) is 0 Å². The lowest BCUT2D eigenvalue weighted by Gasteiger charge is -2.36. The Hall–Kier alpha value is -2.70. The number of anilines is 1. The summed E-state index contributed by atoms with van der Waals surface area (Å²) in [6, 6.07) is 6.36. The monoisotopic (exact) mass is 383 g/mol. The molecular formula is C21H25N3O4. The second kappa shape index (κ2) is 7.04. The van der Waals surface area contributed by atoms with Gasteiger partial charge in [-0.25, -0.2) is 4.79 Å². The first-order chi connectivity index (χ1) is 13.4. The predicted octanol–water partition coefficient (Wildman–Crippen LogP) is 2.50. The number of amides is 4. The Balaban J connectivity index is 1.52. The summed E-state index contributed by atoms with van der Waals surface area (Å²) in [4.78, 5) is 53.0. The number of benzene rings is 1. The fraction of sp³-hybridized carbons (Fsp3) is 0.524. The van der Waals surface area contributed by atoms with E-state index in [1.165, 1.54) is 0 Å². The molecule has 1 aromatic carbocycles. The number of carbonyl (C=O) groups is 4. The maximum Gasteiger partial charge on any atom is 0.325 e. The van der Waals surface area contributed by atoms with Gasteiger partial charge in [0.15, 0.2) is 5.78 Å². The Labute approximate surface area is 164 Å². The maximum absolute atomic E-state index is 13.0. The van der Waals surface area contributed by atoms with Crippen molar-refractivity contribution in [2.45, 2.75) is 51.0 Å². The smallest absolute Gasteiger partial charge is 0.323 e. The quantitative estimate of drug-likeness (QED) is 0.639. The largest absolute Gasteiger partial charge is 0.325 e. The Kier molecular flexibility index (Phi) is 4.69. The fourth-order valence-electron chi connectivity index (χ4n) is 4.64. The van der Waals surface area contributed by atoms with Gasteiger partial charge in [-0.1, -0.05) is 31.9 Å². The van der Waals surface area contributed by atoms with Crippen molar-refractivity contribution in [1.82, 2.24) is 10.2 Å². The van der Waals surface area contributed by atoms with Gasteiger partial charge in [0.25, 0.3) is 5.91 Å². The van der Waals surface area contributed by atoms with Crippen LogP contribution in [0.25, 0.3) is 0 Å². The topological polar surface area (TPSA) is 86.8 Å². The van der Waals surface area contributed by atoms with E-state index in [9.17, 15) is 19.2 Å². The fourth-order valence-corrected chi connectivity index (χ4v) is 4.64. The molecule has 1 aliphatic carbocycles. The molecule has 2 heterocycles. The minimum Gasteiger partial charge on any atom is -0.323 e. The van der Waals surface area contributed by atoms with E-state index < -0.39 is 11.6 Å². The molecule has 2 aliphatic heterocycles. The Morgan fingerprint density at radius 1 is 1.21 bits per heavy atom. The van der Waals surface area contributed by atoms with Crippen molar-refractivity contribution in [3.05, 3.63) is 29.8 Å². The zero-order chi connectivity index (χ0) is 19.9. The highest BCUT2D eigenvalue weighted by atomic mass is 16.2. The number of Topliss-reactive ketones (excluding diaryl/α,β-unsaturated/α-hetero) is 1. The molecule has 0 bridgehead atoms. The molecule has 1 spiro atoms. The molecule has 0 radical (unpaired) electrons. The van der Waals surface area contributed by atoms with Gasteiger partial charge in [-0.15, -0.1) is 0 Å². The van der Waals surface area contributed by atoms with Gasteiger partial charge in [0, 0.05) is 24.2 Å². The zero-order valence-corrected chi connectivity index (χ0v) is 16.1. The van der Waals surface area contributed by atoms with Crippen LogP contribution < -0.4 is 10.2 Å². The summed E-state index contributed by atoms with van der Waals surface area (Å²) in [5.74, 6) is -0.490. The van der Waals surface area contributed by atoms with E-state index in [0.717, 1.165) is 30.6 Å². The summed E-state index contributed by atoms with van der Waals surface area (Å²) in [5, 5.41) is 2.87. The van der Waals surface area contributed by atoms with Crippen molar-refractivity contribution >= 4 is 29.3 Å². The molecule has 0 unspecified atom stereocenters. The van der Waals surface area contributed by atoms with Crippen LogP contribution in [0, 0.1) is 5.92 Å². The first-order valence-corrected chi connectivity index (χ1v) is 10.00. The second-order valence-electron chi connectivity index (χ2n) is 8.06. The molecule has 7 heteroatoms. The van der Waals surface area contributed by atoms with Gasteiger partial charge in [0.05, 0.1) is 6.54 Å². The van der Waals surface area contributed by atoms with Crippen molar-refractivity contribution in [1.29, 1.82) is 0 Å². The first-order valence-electron chi connectivity index (χ1n) is 10.00. The molecule has 2 saturated heterocycles. The molecule has 4 amide bonds.